The molecule has 0 saturated carbocycles. The van der Waals surface area contributed by atoms with Crippen LogP contribution in [-0.4, -0.2) is 35.6 Å². The molecule has 0 fully saturated rings. The monoisotopic (exact) mass is 242 g/mol. The summed E-state index contributed by atoms with van der Waals surface area (Å²) >= 11 is 4.60. The molecule has 1 atom stereocenters. The Bertz CT molecular complexity index is 255. The molecule has 88 valence electrons. The van der Waals surface area contributed by atoms with E-state index in [1.807, 2.05) is 0 Å². The molecule has 0 rings (SSSR count). The van der Waals surface area contributed by atoms with Gasteiger partial charge in [0.25, 0.3) is 0 Å². The van der Waals surface area contributed by atoms with Gasteiger partial charge >= 0.3 is 6.18 Å². The molecule has 0 aromatic heterocycles. The van der Waals surface area contributed by atoms with Gasteiger partial charge in [-0.1, -0.05) is 19.1 Å². The molecule has 0 radical (unpaired) electrons. The number of hydrogen-bond donors (Lipinski definition) is 1. The minimum atomic E-state index is -4.40. The number of hydrogen-bond acceptors (Lipinski definition) is 2. The van der Waals surface area contributed by atoms with Crippen molar-refractivity contribution in [1.82, 2.24) is 4.90 Å². The van der Waals surface area contributed by atoms with Gasteiger partial charge in [0.1, 0.15) is 6.54 Å². The van der Waals surface area contributed by atoms with E-state index in [9.17, 15) is 18.0 Å². The van der Waals surface area contributed by atoms with Crippen molar-refractivity contribution >= 4 is 23.1 Å². The van der Waals surface area contributed by atoms with E-state index in [1.54, 1.807) is 6.92 Å². The van der Waals surface area contributed by atoms with Gasteiger partial charge < -0.3 is 10.6 Å². The summed E-state index contributed by atoms with van der Waals surface area (Å²) in [6, 6.07) is 0. The standard InChI is InChI=1S/C8H13F3N2OS/c1-3-5(6(12)15)7(14)13(2)4-8(9,10)11/h5H,3-4H2,1-2H3,(H2,12,15). The van der Waals surface area contributed by atoms with Crippen molar-refractivity contribution in [2.24, 2.45) is 11.7 Å². The van der Waals surface area contributed by atoms with Crippen molar-refractivity contribution in [1.29, 1.82) is 0 Å². The predicted molar refractivity (Wildman–Crippen MR) is 54.3 cm³/mol. The van der Waals surface area contributed by atoms with Crippen LogP contribution in [0, 0.1) is 5.92 Å². The fraction of sp³-hybridized carbons (Fsp3) is 0.750. The molecule has 0 saturated heterocycles. The molecule has 0 spiro atoms. The summed E-state index contributed by atoms with van der Waals surface area (Å²) in [6.07, 6.45) is -4.10. The summed E-state index contributed by atoms with van der Waals surface area (Å²) in [7, 11) is 1.08. The second-order valence-corrected chi connectivity index (χ2v) is 3.64. The van der Waals surface area contributed by atoms with Gasteiger partial charge in [-0.15, -0.1) is 0 Å². The van der Waals surface area contributed by atoms with Crippen LogP contribution in [0.1, 0.15) is 13.3 Å². The summed E-state index contributed by atoms with van der Waals surface area (Å²) in [6.45, 7) is 0.355. The number of nitrogens with two attached hydrogens (primary N) is 1. The van der Waals surface area contributed by atoms with Gasteiger partial charge in [0, 0.05) is 7.05 Å². The lowest BCUT2D eigenvalue weighted by Gasteiger charge is -2.23. The maximum absolute atomic E-state index is 12.0. The molecule has 0 aliphatic rings. The Kier molecular flexibility index (Phi) is 4.99. The third-order valence-electron chi connectivity index (χ3n) is 1.84. The molecule has 1 amide bonds. The number of halogens is 3. The Labute approximate surface area is 91.4 Å². The Hall–Kier alpha value is -0.850. The molecule has 0 aliphatic carbocycles. The van der Waals surface area contributed by atoms with Crippen molar-refractivity contribution in [2.75, 3.05) is 13.6 Å². The van der Waals surface area contributed by atoms with E-state index < -0.39 is 24.5 Å². The van der Waals surface area contributed by atoms with Gasteiger partial charge in [-0.25, -0.2) is 0 Å². The Morgan fingerprint density at radius 1 is 1.53 bits per heavy atom. The van der Waals surface area contributed by atoms with Crippen molar-refractivity contribution in [3.8, 4) is 0 Å². The molecule has 0 heterocycles. The zero-order chi connectivity index (χ0) is 12.2. The summed E-state index contributed by atoms with van der Waals surface area (Å²) < 4.78 is 35.9. The van der Waals surface area contributed by atoms with E-state index in [1.165, 1.54) is 0 Å². The highest BCUT2D eigenvalue weighted by Crippen LogP contribution is 2.17. The minimum Gasteiger partial charge on any atom is -0.393 e. The van der Waals surface area contributed by atoms with Crippen LogP contribution in [0.3, 0.4) is 0 Å². The molecule has 3 nitrogen and oxygen atoms in total. The summed E-state index contributed by atoms with van der Waals surface area (Å²) in [4.78, 5) is 12.0. The van der Waals surface area contributed by atoms with Crippen LogP contribution in [0.15, 0.2) is 0 Å². The molecule has 0 bridgehead atoms. The first-order valence-electron chi connectivity index (χ1n) is 4.30. The number of rotatable bonds is 4. The van der Waals surface area contributed by atoms with Crippen LogP contribution in [0.25, 0.3) is 0 Å². The van der Waals surface area contributed by atoms with E-state index in [0.29, 0.717) is 11.3 Å². The first-order chi connectivity index (χ1) is 6.69. The summed E-state index contributed by atoms with van der Waals surface area (Å²) in [5.41, 5.74) is 5.25. The van der Waals surface area contributed by atoms with Gasteiger partial charge in [-0.05, 0) is 6.42 Å². The van der Waals surface area contributed by atoms with Gasteiger partial charge in [0.05, 0.1) is 10.9 Å². The fourth-order valence-electron chi connectivity index (χ4n) is 1.11. The number of thiocarbonyl (C=S) groups is 1. The molecule has 15 heavy (non-hydrogen) atoms. The molecule has 0 aromatic carbocycles. The van der Waals surface area contributed by atoms with Crippen LogP contribution in [0.2, 0.25) is 0 Å². The van der Waals surface area contributed by atoms with E-state index in [-0.39, 0.29) is 4.99 Å². The lowest BCUT2D eigenvalue weighted by molar-refractivity contribution is -0.159. The van der Waals surface area contributed by atoms with E-state index in [0.717, 1.165) is 7.05 Å². The molecule has 2 N–H and O–H groups in total. The highest BCUT2D eigenvalue weighted by atomic mass is 32.1. The topological polar surface area (TPSA) is 46.3 Å². The van der Waals surface area contributed by atoms with Crippen LogP contribution >= 0.6 is 12.2 Å². The third kappa shape index (κ3) is 4.96. The first kappa shape index (κ1) is 14.2. The van der Waals surface area contributed by atoms with E-state index >= 15 is 0 Å². The zero-order valence-corrected chi connectivity index (χ0v) is 9.28. The minimum absolute atomic E-state index is 0.0727. The number of carbonyl (C=O) groups excluding carboxylic acids is 1. The van der Waals surface area contributed by atoms with Crippen LogP contribution < -0.4 is 5.73 Å². The Morgan fingerprint density at radius 2 is 2.00 bits per heavy atom. The predicted octanol–water partition coefficient (Wildman–Crippen LogP) is 1.32. The highest BCUT2D eigenvalue weighted by molar-refractivity contribution is 7.80. The molecular weight excluding hydrogens is 229 g/mol. The molecule has 0 aliphatic heterocycles. The van der Waals surface area contributed by atoms with Crippen molar-refractivity contribution in [3.63, 3.8) is 0 Å². The van der Waals surface area contributed by atoms with Crippen LogP contribution in [0.5, 0.6) is 0 Å². The molecule has 7 heteroatoms. The van der Waals surface area contributed by atoms with Crippen LogP contribution in [0.4, 0.5) is 13.2 Å². The highest BCUT2D eigenvalue weighted by Gasteiger charge is 2.33. The molecule has 1 unspecified atom stereocenters. The third-order valence-corrected chi connectivity index (χ3v) is 2.13. The summed E-state index contributed by atoms with van der Waals surface area (Å²) in [5, 5.41) is 0. The van der Waals surface area contributed by atoms with Crippen LogP contribution in [-0.2, 0) is 4.79 Å². The zero-order valence-electron chi connectivity index (χ0n) is 8.47. The Balaban J connectivity index is 4.49. The largest absolute Gasteiger partial charge is 0.406 e. The van der Waals surface area contributed by atoms with Crippen molar-refractivity contribution in [2.45, 2.75) is 19.5 Å². The number of carbonyl (C=O) groups is 1. The maximum Gasteiger partial charge on any atom is 0.406 e. The molecule has 0 aromatic rings. The first-order valence-corrected chi connectivity index (χ1v) is 4.71. The second kappa shape index (κ2) is 5.29. The maximum atomic E-state index is 12.0. The summed E-state index contributed by atoms with van der Waals surface area (Å²) in [5.74, 6) is -1.50. The number of nitrogens with zero attached hydrogens (tertiary/aromatic N) is 1. The quantitative estimate of drug-likeness (QED) is 0.756. The second-order valence-electron chi connectivity index (χ2n) is 3.17. The van der Waals surface area contributed by atoms with Gasteiger partial charge in [-0.2, -0.15) is 13.2 Å². The Morgan fingerprint density at radius 3 is 2.27 bits per heavy atom. The van der Waals surface area contributed by atoms with E-state index in [2.05, 4.69) is 12.2 Å². The van der Waals surface area contributed by atoms with Crippen molar-refractivity contribution < 1.29 is 18.0 Å². The van der Waals surface area contributed by atoms with Crippen molar-refractivity contribution in [3.05, 3.63) is 0 Å². The molecular formula is C8H13F3N2OS. The SMILES string of the molecule is CCC(C(=O)N(C)CC(F)(F)F)C(N)=S. The van der Waals surface area contributed by atoms with E-state index in [4.69, 9.17) is 5.73 Å². The smallest absolute Gasteiger partial charge is 0.393 e. The van der Waals surface area contributed by atoms with Gasteiger partial charge in [0.2, 0.25) is 5.91 Å². The lowest BCUT2D eigenvalue weighted by Crippen LogP contribution is -2.42. The lowest BCUT2D eigenvalue weighted by atomic mass is 10.1. The van der Waals surface area contributed by atoms with Gasteiger partial charge in [0.15, 0.2) is 0 Å². The van der Waals surface area contributed by atoms with Gasteiger partial charge in [-0.3, -0.25) is 4.79 Å². The number of alkyl halides is 3. The normalized spacial score (nSPS) is 13.4. The number of amides is 1. The average Bonchev–Trinajstić information content (AvgIpc) is 2.01. The average molecular weight is 242 g/mol. The fourth-order valence-corrected chi connectivity index (χ4v) is 1.38.